The van der Waals surface area contributed by atoms with Crippen LogP contribution < -0.4 is 5.32 Å². The minimum atomic E-state index is -0.109. The first kappa shape index (κ1) is 20.6. The number of aromatic nitrogens is 4. The molecule has 3 heterocycles. The van der Waals surface area contributed by atoms with Crippen molar-refractivity contribution in [3.63, 3.8) is 0 Å². The van der Waals surface area contributed by atoms with E-state index in [0.29, 0.717) is 27.4 Å². The Morgan fingerprint density at radius 2 is 1.88 bits per heavy atom. The third-order valence-corrected chi connectivity index (χ3v) is 6.14. The summed E-state index contributed by atoms with van der Waals surface area (Å²) in [4.78, 5) is 19.7. The van der Waals surface area contributed by atoms with E-state index in [-0.39, 0.29) is 11.9 Å². The summed E-state index contributed by atoms with van der Waals surface area (Å²) < 4.78 is 1.57. The monoisotopic (exact) mass is 446 g/mol. The van der Waals surface area contributed by atoms with E-state index in [1.54, 1.807) is 35.1 Å². The van der Waals surface area contributed by atoms with Crippen molar-refractivity contribution >= 4 is 28.7 Å². The van der Waals surface area contributed by atoms with E-state index in [2.05, 4.69) is 49.8 Å². The minimum Gasteiger partial charge on any atom is -0.349 e. The van der Waals surface area contributed by atoms with Gasteiger partial charge in [0.25, 0.3) is 5.91 Å². The van der Waals surface area contributed by atoms with Gasteiger partial charge in [-0.15, -0.1) is 5.10 Å². The predicted octanol–water partition coefficient (Wildman–Crippen LogP) is 3.86. The highest BCUT2D eigenvalue weighted by Crippen LogP contribution is 2.24. The van der Waals surface area contributed by atoms with Gasteiger partial charge in [0.1, 0.15) is 5.52 Å². The summed E-state index contributed by atoms with van der Waals surface area (Å²) in [6.45, 7) is 2.87. The molecule has 4 aromatic rings. The van der Waals surface area contributed by atoms with Crippen molar-refractivity contribution in [2.75, 3.05) is 13.1 Å². The smallest absolute Gasteiger partial charge is 0.251 e. The van der Waals surface area contributed by atoms with Crippen molar-refractivity contribution in [3.05, 3.63) is 83.0 Å². The van der Waals surface area contributed by atoms with Gasteiger partial charge in [0, 0.05) is 37.4 Å². The first-order chi connectivity index (χ1) is 15.7. The van der Waals surface area contributed by atoms with Crippen LogP contribution in [0.1, 0.15) is 28.8 Å². The zero-order valence-electron chi connectivity index (χ0n) is 17.5. The maximum absolute atomic E-state index is 13.0. The highest BCUT2D eigenvalue weighted by molar-refractivity contribution is 6.32. The van der Waals surface area contributed by atoms with Crippen molar-refractivity contribution in [3.8, 4) is 5.69 Å². The average Bonchev–Trinajstić information content (AvgIpc) is 3.25. The summed E-state index contributed by atoms with van der Waals surface area (Å²) in [5.41, 5.74) is 3.70. The van der Waals surface area contributed by atoms with Crippen molar-refractivity contribution in [1.82, 2.24) is 30.2 Å². The van der Waals surface area contributed by atoms with Gasteiger partial charge in [-0.3, -0.25) is 9.69 Å². The quantitative estimate of drug-likeness (QED) is 0.503. The van der Waals surface area contributed by atoms with Gasteiger partial charge >= 0.3 is 0 Å². The van der Waals surface area contributed by atoms with E-state index in [9.17, 15) is 4.79 Å². The lowest BCUT2D eigenvalue weighted by Gasteiger charge is -2.32. The molecule has 0 atom stereocenters. The largest absolute Gasteiger partial charge is 0.349 e. The molecule has 2 aromatic carbocycles. The lowest BCUT2D eigenvalue weighted by atomic mass is 10.0. The first-order valence-corrected chi connectivity index (χ1v) is 11.1. The number of nitrogens with one attached hydrogen (secondary N) is 1. The van der Waals surface area contributed by atoms with Crippen LogP contribution in [0.3, 0.4) is 0 Å². The summed E-state index contributed by atoms with van der Waals surface area (Å²) in [6.07, 6.45) is 3.53. The third-order valence-electron chi connectivity index (χ3n) is 5.82. The minimum absolute atomic E-state index is 0.109. The maximum Gasteiger partial charge on any atom is 0.251 e. The molecule has 8 heteroatoms. The van der Waals surface area contributed by atoms with Crippen LogP contribution in [-0.2, 0) is 6.54 Å². The first-order valence-electron chi connectivity index (χ1n) is 10.7. The fraction of sp³-hybridized carbons (Fsp3) is 0.250. The standard InChI is InChI=1S/C24H23ClN6O/c25-20-9-8-18(15-22(20)31-23-21(28-29-31)7-4-12-26-23)24(32)27-19-10-13-30(14-11-19)16-17-5-2-1-3-6-17/h1-9,12,15,19H,10-11,13-14,16H2,(H,27,32). The van der Waals surface area contributed by atoms with Crippen LogP contribution in [0.5, 0.6) is 0 Å². The predicted molar refractivity (Wildman–Crippen MR) is 124 cm³/mol. The molecular formula is C24H23ClN6O. The topological polar surface area (TPSA) is 75.9 Å². The molecule has 5 rings (SSSR count). The van der Waals surface area contributed by atoms with Crippen LogP contribution in [0, 0.1) is 0 Å². The van der Waals surface area contributed by atoms with Crippen molar-refractivity contribution in [1.29, 1.82) is 0 Å². The van der Waals surface area contributed by atoms with Gasteiger partial charge in [0.2, 0.25) is 0 Å². The number of amides is 1. The molecule has 1 aliphatic rings. The van der Waals surface area contributed by atoms with Gasteiger partial charge in [-0.2, -0.15) is 4.68 Å². The Labute approximate surface area is 191 Å². The zero-order valence-corrected chi connectivity index (χ0v) is 18.2. The normalized spacial score (nSPS) is 15.2. The van der Waals surface area contributed by atoms with Gasteiger partial charge in [-0.25, -0.2) is 4.98 Å². The molecule has 0 saturated carbocycles. The number of hydrogen-bond acceptors (Lipinski definition) is 5. The SMILES string of the molecule is O=C(NC1CCN(Cc2ccccc2)CC1)c1ccc(Cl)c(-n2nnc3cccnc32)c1. The van der Waals surface area contributed by atoms with Gasteiger partial charge in [0.15, 0.2) is 5.65 Å². The number of carbonyl (C=O) groups is 1. The summed E-state index contributed by atoms with van der Waals surface area (Å²) >= 11 is 6.41. The molecule has 32 heavy (non-hydrogen) atoms. The van der Waals surface area contributed by atoms with Crippen molar-refractivity contribution < 1.29 is 4.79 Å². The van der Waals surface area contributed by atoms with Crippen LogP contribution in [0.15, 0.2) is 66.9 Å². The number of piperidine rings is 1. The zero-order chi connectivity index (χ0) is 21.9. The van der Waals surface area contributed by atoms with Gasteiger partial charge < -0.3 is 5.32 Å². The Bertz CT molecular complexity index is 1230. The maximum atomic E-state index is 13.0. The van der Waals surface area contributed by atoms with E-state index in [1.807, 2.05) is 12.1 Å². The van der Waals surface area contributed by atoms with E-state index in [1.165, 1.54) is 5.56 Å². The van der Waals surface area contributed by atoms with Gasteiger partial charge in [-0.1, -0.05) is 47.1 Å². The number of halogens is 1. The second-order valence-corrected chi connectivity index (χ2v) is 8.43. The summed E-state index contributed by atoms with van der Waals surface area (Å²) in [7, 11) is 0. The summed E-state index contributed by atoms with van der Waals surface area (Å²) in [6, 6.07) is 19.5. The molecule has 1 fully saturated rings. The van der Waals surface area contributed by atoms with Crippen LogP contribution in [0.25, 0.3) is 16.9 Å². The van der Waals surface area contributed by atoms with Crippen LogP contribution in [-0.4, -0.2) is 49.9 Å². The van der Waals surface area contributed by atoms with Crippen molar-refractivity contribution in [2.24, 2.45) is 0 Å². The lowest BCUT2D eigenvalue weighted by molar-refractivity contribution is 0.0909. The number of nitrogens with zero attached hydrogens (tertiary/aromatic N) is 5. The van der Waals surface area contributed by atoms with Crippen LogP contribution in [0.2, 0.25) is 5.02 Å². The van der Waals surface area contributed by atoms with E-state index >= 15 is 0 Å². The Morgan fingerprint density at radius 1 is 1.06 bits per heavy atom. The van der Waals surface area contributed by atoms with Crippen LogP contribution in [0.4, 0.5) is 0 Å². The fourth-order valence-corrected chi connectivity index (χ4v) is 4.29. The van der Waals surface area contributed by atoms with Gasteiger partial charge in [-0.05, 0) is 48.7 Å². The molecule has 0 unspecified atom stereocenters. The molecule has 162 valence electrons. The number of benzene rings is 2. The Morgan fingerprint density at radius 3 is 2.69 bits per heavy atom. The average molecular weight is 447 g/mol. The number of hydrogen-bond donors (Lipinski definition) is 1. The highest BCUT2D eigenvalue weighted by Gasteiger charge is 2.22. The third kappa shape index (κ3) is 4.35. The second-order valence-electron chi connectivity index (χ2n) is 8.02. The molecule has 1 saturated heterocycles. The Balaban J connectivity index is 1.25. The van der Waals surface area contributed by atoms with E-state index < -0.39 is 0 Å². The number of pyridine rings is 1. The number of rotatable bonds is 5. The molecule has 1 amide bonds. The summed E-state index contributed by atoms with van der Waals surface area (Å²) in [5.74, 6) is -0.109. The molecule has 1 N–H and O–H groups in total. The lowest BCUT2D eigenvalue weighted by Crippen LogP contribution is -2.44. The highest BCUT2D eigenvalue weighted by atomic mass is 35.5. The molecule has 1 aliphatic heterocycles. The van der Waals surface area contributed by atoms with Gasteiger partial charge in [0.05, 0.1) is 10.7 Å². The Kier molecular flexibility index (Phi) is 5.83. The molecule has 7 nitrogen and oxygen atoms in total. The molecule has 0 spiro atoms. The Hall–Kier alpha value is -3.29. The van der Waals surface area contributed by atoms with E-state index in [4.69, 9.17) is 11.6 Å². The molecule has 2 aromatic heterocycles. The van der Waals surface area contributed by atoms with Crippen LogP contribution >= 0.6 is 11.6 Å². The molecule has 0 radical (unpaired) electrons. The second kappa shape index (κ2) is 9.06. The molecular weight excluding hydrogens is 424 g/mol. The van der Waals surface area contributed by atoms with Crippen molar-refractivity contribution in [2.45, 2.75) is 25.4 Å². The number of carbonyl (C=O) groups excluding carboxylic acids is 1. The van der Waals surface area contributed by atoms with E-state index in [0.717, 1.165) is 32.5 Å². The number of fused-ring (bicyclic) bond motifs is 1. The summed E-state index contributed by atoms with van der Waals surface area (Å²) in [5, 5.41) is 12.0. The molecule has 0 aliphatic carbocycles. The number of likely N-dealkylation sites (tertiary alicyclic amines) is 1. The fourth-order valence-electron chi connectivity index (χ4n) is 4.09. The molecule has 0 bridgehead atoms.